The molecule has 2 fully saturated rings. The fraction of sp³-hybridized carbons (Fsp3) is 0.316. The summed E-state index contributed by atoms with van der Waals surface area (Å²) in [5.74, 6) is -1.63. The Hall–Kier alpha value is -6.28. The van der Waals surface area contributed by atoms with Gasteiger partial charge in [-0.2, -0.15) is 9.97 Å². The summed E-state index contributed by atoms with van der Waals surface area (Å²) in [4.78, 5) is 39.5. The van der Waals surface area contributed by atoms with E-state index >= 15 is 0 Å². The monoisotopic (exact) mass is 830 g/mol. The van der Waals surface area contributed by atoms with Crippen LogP contribution in [0.4, 0.5) is 20.4 Å². The maximum Gasteiger partial charge on any atom is 0.353 e. The lowest BCUT2D eigenvalue weighted by molar-refractivity contribution is 0.0601. The number of carboxylic acid groups (broad SMARTS) is 1. The van der Waals surface area contributed by atoms with E-state index in [9.17, 15) is 28.6 Å². The van der Waals surface area contributed by atoms with Crippen LogP contribution in [0.15, 0.2) is 60.9 Å². The number of halogens is 2. The Kier molecular flexibility index (Phi) is 11.7. The summed E-state index contributed by atoms with van der Waals surface area (Å²) < 4.78 is 38.0. The van der Waals surface area contributed by atoms with Crippen molar-refractivity contribution in [3.05, 3.63) is 93.7 Å². The van der Waals surface area contributed by atoms with Crippen LogP contribution in [0.1, 0.15) is 69.3 Å². The Labute approximate surface area is 337 Å². The Morgan fingerprint density at radius 1 is 0.741 bits per heavy atom. The number of pyridine rings is 2. The van der Waals surface area contributed by atoms with Crippen molar-refractivity contribution in [2.75, 3.05) is 37.9 Å². The molecule has 20 heteroatoms. The van der Waals surface area contributed by atoms with Gasteiger partial charge < -0.3 is 30.3 Å². The maximum absolute atomic E-state index is 14.2. The minimum absolute atomic E-state index is 0.0100. The molecule has 58 heavy (non-hydrogen) atoms. The summed E-state index contributed by atoms with van der Waals surface area (Å²) in [6, 6.07) is 12.9. The lowest BCUT2D eigenvalue weighted by atomic mass is 9.66. The summed E-state index contributed by atoms with van der Waals surface area (Å²) in [6.45, 7) is 1.00. The van der Waals surface area contributed by atoms with Gasteiger partial charge in [0.15, 0.2) is 9.75 Å². The topological polar surface area (TPSA) is 220 Å². The van der Waals surface area contributed by atoms with Crippen LogP contribution in [-0.4, -0.2) is 89.8 Å². The highest BCUT2D eigenvalue weighted by atomic mass is 32.1. The SMILES string of the molecule is COC(=O)c1sc(-c2ccc(NCC3(c4ncccc4F)CCC3)nn2)nc1O.COc1nc(-c2ccc(NCC3(c4ncccc4F)CCC3)nn2)sc1C(=O)O. The summed E-state index contributed by atoms with van der Waals surface area (Å²) in [5.41, 5.74) is 1.14. The number of aromatic nitrogens is 8. The number of hydrogen-bond donors (Lipinski definition) is 4. The first-order chi connectivity index (χ1) is 28.0. The lowest BCUT2D eigenvalue weighted by Crippen LogP contribution is -2.42. The molecule has 0 atom stereocenters. The number of rotatable bonds is 13. The van der Waals surface area contributed by atoms with Crippen molar-refractivity contribution in [2.45, 2.75) is 49.4 Å². The zero-order valence-corrected chi connectivity index (χ0v) is 32.7. The largest absolute Gasteiger partial charge is 0.492 e. The van der Waals surface area contributed by atoms with E-state index in [2.05, 4.69) is 55.7 Å². The first-order valence-corrected chi connectivity index (χ1v) is 19.6. The van der Waals surface area contributed by atoms with E-state index in [1.165, 1.54) is 26.4 Å². The van der Waals surface area contributed by atoms with Crippen LogP contribution < -0.4 is 15.4 Å². The van der Waals surface area contributed by atoms with E-state index in [0.717, 1.165) is 61.2 Å². The van der Waals surface area contributed by atoms with Gasteiger partial charge in [-0.1, -0.05) is 12.8 Å². The smallest absolute Gasteiger partial charge is 0.353 e. The van der Waals surface area contributed by atoms with E-state index in [0.29, 0.717) is 57.5 Å². The number of thiazole rings is 2. The van der Waals surface area contributed by atoms with E-state index in [4.69, 9.17) is 4.74 Å². The third kappa shape index (κ3) is 8.23. The van der Waals surface area contributed by atoms with Crippen LogP contribution in [0.2, 0.25) is 0 Å². The zero-order valence-electron chi connectivity index (χ0n) is 31.1. The Bertz CT molecular complexity index is 2410. The van der Waals surface area contributed by atoms with Crippen LogP contribution in [0.5, 0.6) is 11.8 Å². The van der Waals surface area contributed by atoms with Gasteiger partial charge in [0.05, 0.1) is 25.6 Å². The quantitative estimate of drug-likeness (QED) is 0.0909. The molecule has 0 aliphatic heterocycles. The third-order valence-corrected chi connectivity index (χ3v) is 12.2. The number of aromatic carboxylic acids is 1. The van der Waals surface area contributed by atoms with E-state index in [-0.39, 0.29) is 38.1 Å². The molecule has 6 aromatic rings. The number of anilines is 2. The van der Waals surface area contributed by atoms with Crippen molar-refractivity contribution in [3.8, 4) is 33.2 Å². The van der Waals surface area contributed by atoms with Gasteiger partial charge in [-0.3, -0.25) is 9.97 Å². The molecule has 6 aromatic heterocycles. The highest BCUT2D eigenvalue weighted by Crippen LogP contribution is 2.45. The molecule has 8 rings (SSSR count). The number of ether oxygens (including phenoxy) is 2. The Morgan fingerprint density at radius 2 is 1.24 bits per heavy atom. The fourth-order valence-electron chi connectivity index (χ4n) is 6.69. The first kappa shape index (κ1) is 39.9. The number of hydrogen-bond acceptors (Lipinski definition) is 17. The third-order valence-electron chi connectivity index (χ3n) is 10.1. The van der Waals surface area contributed by atoms with Gasteiger partial charge in [0.25, 0.3) is 0 Å². The van der Waals surface area contributed by atoms with Crippen LogP contribution in [0.3, 0.4) is 0 Å². The average Bonchev–Trinajstić information content (AvgIpc) is 3.83. The molecule has 2 saturated carbocycles. The predicted molar refractivity (Wildman–Crippen MR) is 209 cm³/mol. The number of nitrogens with one attached hydrogen (secondary N) is 2. The number of nitrogens with zero attached hydrogens (tertiary/aromatic N) is 8. The maximum atomic E-state index is 14.2. The Balaban J connectivity index is 0.000000177. The molecule has 2 aliphatic carbocycles. The molecule has 0 bridgehead atoms. The van der Waals surface area contributed by atoms with Crippen molar-refractivity contribution in [1.29, 1.82) is 0 Å². The normalized spacial score (nSPS) is 14.8. The van der Waals surface area contributed by atoms with Gasteiger partial charge in [-0.05, 0) is 74.2 Å². The van der Waals surface area contributed by atoms with E-state index < -0.39 is 17.8 Å². The molecule has 0 radical (unpaired) electrons. The minimum Gasteiger partial charge on any atom is -0.492 e. The fourth-order valence-corrected chi connectivity index (χ4v) is 8.37. The number of aromatic hydroxyl groups is 1. The number of carbonyl (C=O) groups excluding carboxylic acids is 1. The van der Waals surface area contributed by atoms with Crippen LogP contribution in [0.25, 0.3) is 21.4 Å². The molecule has 2 aliphatic rings. The standard InChI is InChI=1S/2C19H18FN5O3S/c1-28-16-14(18(26)27)29-17(23-16)12-5-6-13(25-24-12)22-10-19(7-3-8-19)15-11(20)4-2-9-21-15;1-28-18(27)14-16(26)23-17(29-14)12-5-6-13(25-24-12)22-10-19(7-3-8-19)15-11(20)4-2-9-21-15/h2,4-6,9H,3,7-8,10H2,1H3,(H,22,25)(H,26,27);2,4-6,9,26H,3,7-8,10H2,1H3,(H,22,25). The summed E-state index contributed by atoms with van der Waals surface area (Å²) >= 11 is 1.94. The highest BCUT2D eigenvalue weighted by molar-refractivity contribution is 7.17. The predicted octanol–water partition coefficient (Wildman–Crippen LogP) is 6.54. The van der Waals surface area contributed by atoms with Gasteiger partial charge in [-0.25, -0.2) is 18.4 Å². The van der Waals surface area contributed by atoms with Gasteiger partial charge in [-0.15, -0.1) is 43.1 Å². The first-order valence-electron chi connectivity index (χ1n) is 18.0. The van der Waals surface area contributed by atoms with E-state index in [1.54, 1.807) is 48.8 Å². The molecular weight excluding hydrogens is 795 g/mol. The Morgan fingerprint density at radius 3 is 1.62 bits per heavy atom. The second kappa shape index (κ2) is 17.1. The van der Waals surface area contributed by atoms with Crippen LogP contribution in [0, 0.1) is 11.6 Å². The molecule has 16 nitrogen and oxygen atoms in total. The number of carboxylic acids is 1. The van der Waals surface area contributed by atoms with E-state index in [1.807, 2.05) is 0 Å². The van der Waals surface area contributed by atoms with Gasteiger partial charge in [0.2, 0.25) is 11.8 Å². The molecule has 0 amide bonds. The molecule has 6 heterocycles. The second-order valence-corrected chi connectivity index (χ2v) is 15.6. The second-order valence-electron chi connectivity index (χ2n) is 13.6. The van der Waals surface area contributed by atoms with Crippen molar-refractivity contribution in [2.24, 2.45) is 0 Å². The lowest BCUT2D eigenvalue weighted by Gasteiger charge is -2.41. The molecular formula is C38H36F2N10O6S2. The summed E-state index contributed by atoms with van der Waals surface area (Å²) in [6.07, 6.45) is 8.70. The van der Waals surface area contributed by atoms with Crippen molar-refractivity contribution < 1.29 is 38.1 Å². The molecule has 0 saturated heterocycles. The average molecular weight is 831 g/mol. The molecule has 0 aromatic carbocycles. The summed E-state index contributed by atoms with van der Waals surface area (Å²) in [7, 11) is 2.60. The van der Waals surface area contributed by atoms with Crippen LogP contribution in [-0.2, 0) is 15.6 Å². The van der Waals surface area contributed by atoms with Gasteiger partial charge in [0.1, 0.15) is 44.7 Å². The number of methoxy groups -OCH3 is 2. The molecule has 4 N–H and O–H groups in total. The minimum atomic E-state index is -1.11. The van der Waals surface area contributed by atoms with Crippen molar-refractivity contribution in [1.82, 2.24) is 40.3 Å². The van der Waals surface area contributed by atoms with Crippen molar-refractivity contribution in [3.63, 3.8) is 0 Å². The van der Waals surface area contributed by atoms with Crippen molar-refractivity contribution >= 4 is 46.2 Å². The molecule has 300 valence electrons. The van der Waals surface area contributed by atoms with Gasteiger partial charge >= 0.3 is 11.9 Å². The van der Waals surface area contributed by atoms with Crippen LogP contribution >= 0.6 is 22.7 Å². The molecule has 0 unspecified atom stereocenters. The number of esters is 1. The number of carbonyl (C=O) groups is 2. The zero-order chi connectivity index (χ0) is 40.9. The summed E-state index contributed by atoms with van der Waals surface area (Å²) in [5, 5.41) is 42.7. The van der Waals surface area contributed by atoms with Gasteiger partial charge in [0, 0.05) is 36.3 Å². The molecule has 0 spiro atoms. The highest BCUT2D eigenvalue weighted by Gasteiger charge is 2.43.